The number of nitrogens with zero attached hydrogens (tertiary/aromatic N) is 1. The van der Waals surface area contributed by atoms with E-state index in [1.807, 2.05) is 18.2 Å². The van der Waals surface area contributed by atoms with Gasteiger partial charge < -0.3 is 14.4 Å². The number of oxazole rings is 1. The molecule has 0 unspecified atom stereocenters. The summed E-state index contributed by atoms with van der Waals surface area (Å²) in [6, 6.07) is 13.2. The van der Waals surface area contributed by atoms with Gasteiger partial charge in [-0.1, -0.05) is 18.1 Å². The molecule has 0 atom stereocenters. The number of aromatic amines is 2. The summed E-state index contributed by atoms with van der Waals surface area (Å²) in [5, 5.41) is 0. The van der Waals surface area contributed by atoms with Crippen LogP contribution in [0.15, 0.2) is 67.4 Å². The molecule has 9 nitrogen and oxygen atoms in total. The molecular weight excluding hydrogens is 468 g/mol. The number of rotatable bonds is 4. The largest absolute Gasteiger partial charge is 0.441 e. The third-order valence-electron chi connectivity index (χ3n) is 5.54. The SMILES string of the molecule is C#Cc1cc(NS(=O)(=O)c2cc3[nH]c(=O)c(=O)[nH]c3cc2C)ccc1-c1ccc2oc(C)nc2c1. The van der Waals surface area contributed by atoms with E-state index in [9.17, 15) is 18.0 Å². The molecule has 174 valence electrons. The van der Waals surface area contributed by atoms with E-state index in [1.54, 1.807) is 32.0 Å². The Bertz CT molecular complexity index is 1920. The number of nitrogens with one attached hydrogen (secondary N) is 3. The smallest absolute Gasteiger partial charge is 0.314 e. The Hall–Kier alpha value is -4.62. The maximum atomic E-state index is 13.2. The first kappa shape index (κ1) is 22.2. The van der Waals surface area contributed by atoms with E-state index in [1.165, 1.54) is 12.1 Å². The van der Waals surface area contributed by atoms with Crippen LogP contribution in [0, 0.1) is 26.2 Å². The molecule has 5 aromatic rings. The molecule has 3 N–H and O–H groups in total. The highest BCUT2D eigenvalue weighted by Gasteiger charge is 2.19. The maximum Gasteiger partial charge on any atom is 0.314 e. The van der Waals surface area contributed by atoms with Gasteiger partial charge in [-0.15, -0.1) is 6.42 Å². The van der Waals surface area contributed by atoms with E-state index in [2.05, 4.69) is 25.6 Å². The van der Waals surface area contributed by atoms with Crippen molar-refractivity contribution in [2.45, 2.75) is 18.7 Å². The highest BCUT2D eigenvalue weighted by atomic mass is 32.2. The molecule has 10 heteroatoms. The minimum atomic E-state index is -4.04. The monoisotopic (exact) mass is 486 g/mol. The quantitative estimate of drug-likeness (QED) is 0.263. The molecule has 0 saturated heterocycles. The molecule has 5 rings (SSSR count). The van der Waals surface area contributed by atoms with E-state index in [4.69, 9.17) is 10.8 Å². The fourth-order valence-corrected chi connectivity index (χ4v) is 5.24. The maximum absolute atomic E-state index is 13.2. The van der Waals surface area contributed by atoms with Crippen LogP contribution in [0.2, 0.25) is 0 Å². The van der Waals surface area contributed by atoms with Crippen molar-refractivity contribution < 1.29 is 12.8 Å². The van der Waals surface area contributed by atoms with Gasteiger partial charge in [-0.3, -0.25) is 14.3 Å². The minimum Gasteiger partial charge on any atom is -0.441 e. The lowest BCUT2D eigenvalue weighted by molar-refractivity contribution is 0.561. The van der Waals surface area contributed by atoms with Gasteiger partial charge in [-0.2, -0.15) is 0 Å². The third-order valence-corrected chi connectivity index (χ3v) is 7.06. The number of hydrogen-bond donors (Lipinski definition) is 3. The van der Waals surface area contributed by atoms with Crippen molar-refractivity contribution in [1.82, 2.24) is 15.0 Å². The molecule has 0 aliphatic carbocycles. The van der Waals surface area contributed by atoms with Gasteiger partial charge in [-0.25, -0.2) is 13.4 Å². The average molecular weight is 487 g/mol. The van der Waals surface area contributed by atoms with E-state index < -0.39 is 21.1 Å². The van der Waals surface area contributed by atoms with Crippen molar-refractivity contribution in [3.05, 3.63) is 86.3 Å². The Morgan fingerprint density at radius 3 is 2.40 bits per heavy atom. The Morgan fingerprint density at radius 1 is 0.971 bits per heavy atom. The second-order valence-electron chi connectivity index (χ2n) is 8.00. The molecule has 0 saturated carbocycles. The van der Waals surface area contributed by atoms with Gasteiger partial charge in [0.15, 0.2) is 11.5 Å². The summed E-state index contributed by atoms with van der Waals surface area (Å²) in [5.41, 5.74) is 2.89. The molecule has 0 spiro atoms. The van der Waals surface area contributed by atoms with Crippen molar-refractivity contribution in [3.8, 4) is 23.5 Å². The van der Waals surface area contributed by atoms with Crippen LogP contribution in [0.3, 0.4) is 0 Å². The molecule has 0 amide bonds. The predicted octanol–water partition coefficient (Wildman–Crippen LogP) is 3.42. The van der Waals surface area contributed by atoms with Crippen molar-refractivity contribution in [2.24, 2.45) is 0 Å². The highest BCUT2D eigenvalue weighted by Crippen LogP contribution is 2.30. The fourth-order valence-electron chi connectivity index (χ4n) is 3.94. The standard InChI is InChI=1S/C25H18N4O5S/c1-4-15-10-17(6-7-18(15)16-5-8-22-21(11-16)26-14(3)34-22)29-35(32,33)23-12-20-19(9-13(23)2)27-24(30)25(31)28-20/h1,5-12,29H,2-3H3,(H,27,30)(H,28,31). The molecule has 0 fully saturated rings. The zero-order valence-electron chi connectivity index (χ0n) is 18.6. The number of anilines is 1. The van der Waals surface area contributed by atoms with Gasteiger partial charge in [0.25, 0.3) is 10.0 Å². The van der Waals surface area contributed by atoms with Gasteiger partial charge in [0, 0.05) is 12.5 Å². The van der Waals surface area contributed by atoms with Crippen molar-refractivity contribution >= 4 is 37.8 Å². The van der Waals surface area contributed by atoms with E-state index >= 15 is 0 Å². The number of benzene rings is 3. The number of aromatic nitrogens is 3. The fraction of sp³-hybridized carbons (Fsp3) is 0.0800. The van der Waals surface area contributed by atoms with Crippen molar-refractivity contribution in [3.63, 3.8) is 0 Å². The summed E-state index contributed by atoms with van der Waals surface area (Å²) < 4.78 is 34.4. The zero-order chi connectivity index (χ0) is 24.9. The Labute approximate surface area is 198 Å². The summed E-state index contributed by atoms with van der Waals surface area (Å²) in [7, 11) is -4.04. The molecule has 0 bridgehead atoms. The Morgan fingerprint density at radius 2 is 1.69 bits per heavy atom. The van der Waals surface area contributed by atoms with E-state index in [0.717, 1.165) is 11.1 Å². The molecule has 2 heterocycles. The zero-order valence-corrected chi connectivity index (χ0v) is 19.4. The lowest BCUT2D eigenvalue weighted by Gasteiger charge is -2.13. The molecule has 2 aromatic heterocycles. The van der Waals surface area contributed by atoms with Crippen LogP contribution in [-0.4, -0.2) is 23.4 Å². The third kappa shape index (κ3) is 3.98. The Kier molecular flexibility index (Phi) is 5.07. The Balaban J connectivity index is 1.52. The first-order valence-corrected chi connectivity index (χ1v) is 11.9. The number of sulfonamides is 1. The van der Waals surface area contributed by atoms with Crippen LogP contribution in [0.1, 0.15) is 17.0 Å². The van der Waals surface area contributed by atoms with Crippen LogP contribution < -0.4 is 15.8 Å². The summed E-state index contributed by atoms with van der Waals surface area (Å²) >= 11 is 0. The molecule has 35 heavy (non-hydrogen) atoms. The van der Waals surface area contributed by atoms with Crippen LogP contribution in [0.25, 0.3) is 33.3 Å². The second kappa shape index (κ2) is 8.00. The normalized spacial score (nSPS) is 11.6. The molecule has 0 aliphatic rings. The molecule has 0 aliphatic heterocycles. The minimum absolute atomic E-state index is 0.0501. The summed E-state index contributed by atoms with van der Waals surface area (Å²) in [5.74, 6) is 3.16. The van der Waals surface area contributed by atoms with Gasteiger partial charge in [-0.05, 0) is 60.0 Å². The first-order valence-electron chi connectivity index (χ1n) is 10.4. The first-order chi connectivity index (χ1) is 16.6. The van der Waals surface area contributed by atoms with Crippen LogP contribution >= 0.6 is 0 Å². The second-order valence-corrected chi connectivity index (χ2v) is 9.65. The van der Waals surface area contributed by atoms with Crippen molar-refractivity contribution in [2.75, 3.05) is 4.72 Å². The van der Waals surface area contributed by atoms with Gasteiger partial charge in [0.1, 0.15) is 5.52 Å². The predicted molar refractivity (Wildman–Crippen MR) is 133 cm³/mol. The summed E-state index contributed by atoms with van der Waals surface area (Å²) in [4.78, 5) is 32.4. The number of fused-ring (bicyclic) bond motifs is 2. The highest BCUT2D eigenvalue weighted by molar-refractivity contribution is 7.92. The summed E-state index contributed by atoms with van der Waals surface area (Å²) in [6.07, 6.45) is 5.74. The summed E-state index contributed by atoms with van der Waals surface area (Å²) in [6.45, 7) is 3.36. The van der Waals surface area contributed by atoms with Crippen LogP contribution in [0.5, 0.6) is 0 Å². The molecular formula is C25H18N4O5S. The number of aryl methyl sites for hydroxylation is 2. The number of terminal acetylenes is 1. The van der Waals surface area contributed by atoms with Crippen LogP contribution in [0.4, 0.5) is 5.69 Å². The van der Waals surface area contributed by atoms with Gasteiger partial charge in [0.05, 0.1) is 21.6 Å². The number of H-pyrrole nitrogens is 2. The van der Waals surface area contributed by atoms with Gasteiger partial charge >= 0.3 is 11.1 Å². The van der Waals surface area contributed by atoms with Gasteiger partial charge in [0.2, 0.25) is 0 Å². The van der Waals surface area contributed by atoms with Crippen molar-refractivity contribution in [1.29, 1.82) is 0 Å². The lowest BCUT2D eigenvalue weighted by Crippen LogP contribution is -2.29. The molecule has 0 radical (unpaired) electrons. The van der Waals surface area contributed by atoms with Crippen LogP contribution in [-0.2, 0) is 10.0 Å². The topological polar surface area (TPSA) is 138 Å². The van der Waals surface area contributed by atoms with E-state index in [0.29, 0.717) is 33.6 Å². The molecule has 3 aromatic carbocycles. The average Bonchev–Trinajstić information content (AvgIpc) is 3.18. The lowest BCUT2D eigenvalue weighted by atomic mass is 9.99. The van der Waals surface area contributed by atoms with E-state index in [-0.39, 0.29) is 16.1 Å². The number of hydrogen-bond acceptors (Lipinski definition) is 6.